The number of nitrogens with one attached hydrogen (secondary N) is 1. The van der Waals surface area contributed by atoms with E-state index in [1.165, 1.54) is 0 Å². The number of halogens is 1. The van der Waals surface area contributed by atoms with E-state index >= 15 is 0 Å². The van der Waals surface area contributed by atoms with Crippen LogP contribution in [-0.2, 0) is 0 Å². The summed E-state index contributed by atoms with van der Waals surface area (Å²) in [4.78, 5) is 4.36. The van der Waals surface area contributed by atoms with E-state index in [9.17, 15) is 0 Å². The molecule has 0 aliphatic heterocycles. The van der Waals surface area contributed by atoms with Crippen molar-refractivity contribution in [2.24, 2.45) is 5.41 Å². The van der Waals surface area contributed by atoms with Gasteiger partial charge in [-0.3, -0.25) is 0 Å². The van der Waals surface area contributed by atoms with Crippen LogP contribution < -0.4 is 5.32 Å². The van der Waals surface area contributed by atoms with Gasteiger partial charge in [0.15, 0.2) is 5.82 Å². The maximum Gasteiger partial charge on any atom is 0.152 e. The maximum absolute atomic E-state index is 6.36. The molecular weight excluding hydrogens is 260 g/mol. The molecule has 0 saturated heterocycles. The summed E-state index contributed by atoms with van der Waals surface area (Å²) in [5.41, 5.74) is 2.20. The number of aryl methyl sites for hydroxylation is 1. The minimum atomic E-state index is 0.0890. The number of rotatable bonds is 4. The van der Waals surface area contributed by atoms with E-state index in [-0.39, 0.29) is 10.8 Å². The lowest BCUT2D eigenvalue weighted by molar-refractivity contribution is 0.373. The number of aromatic nitrogens is 3. The highest BCUT2D eigenvalue weighted by Crippen LogP contribution is 2.24. The van der Waals surface area contributed by atoms with E-state index < -0.39 is 0 Å². The van der Waals surface area contributed by atoms with Gasteiger partial charge in [0.25, 0.3) is 0 Å². The summed E-state index contributed by atoms with van der Waals surface area (Å²) in [7, 11) is 0. The first-order valence-electron chi connectivity index (χ1n) is 6.54. The molecule has 1 N–H and O–H groups in total. The molecule has 0 aliphatic rings. The molecule has 0 aromatic carbocycles. The van der Waals surface area contributed by atoms with Gasteiger partial charge in [-0.1, -0.05) is 20.8 Å². The van der Waals surface area contributed by atoms with Crippen molar-refractivity contribution >= 4 is 22.9 Å². The number of nitrogens with zero attached hydrogens (tertiary/aromatic N) is 3. The molecule has 104 valence electrons. The van der Waals surface area contributed by atoms with Crippen molar-refractivity contribution in [2.75, 3.05) is 11.9 Å². The van der Waals surface area contributed by atoms with Crippen molar-refractivity contribution in [1.29, 1.82) is 0 Å². The third-order valence-corrected chi connectivity index (χ3v) is 3.15. The number of anilines is 1. The van der Waals surface area contributed by atoms with Crippen molar-refractivity contribution in [2.45, 2.75) is 39.5 Å². The second-order valence-electron chi connectivity index (χ2n) is 6.13. The molecule has 5 heteroatoms. The van der Waals surface area contributed by atoms with E-state index in [2.05, 4.69) is 36.2 Å². The summed E-state index contributed by atoms with van der Waals surface area (Å²) >= 11 is 6.36. The first-order valence-corrected chi connectivity index (χ1v) is 6.98. The standard InChI is InChI=1S/C14H21ClN4/c1-10-7-12-13(16-5-6-19(12)18-10)17-9-11(15)8-14(2,3)4/h5-7,11H,8-9H2,1-4H3,(H,16,17). The van der Waals surface area contributed by atoms with E-state index in [0.717, 1.165) is 23.4 Å². The van der Waals surface area contributed by atoms with Gasteiger partial charge >= 0.3 is 0 Å². The Morgan fingerprint density at radius 3 is 2.84 bits per heavy atom. The average Bonchev–Trinajstić information content (AvgIpc) is 2.64. The number of hydrogen-bond acceptors (Lipinski definition) is 3. The molecule has 2 heterocycles. The second kappa shape index (κ2) is 5.37. The quantitative estimate of drug-likeness (QED) is 0.872. The first-order chi connectivity index (χ1) is 8.85. The third-order valence-electron chi connectivity index (χ3n) is 2.84. The van der Waals surface area contributed by atoms with Gasteiger partial charge in [0.2, 0.25) is 0 Å². The highest BCUT2D eigenvalue weighted by molar-refractivity contribution is 6.21. The monoisotopic (exact) mass is 280 g/mol. The Hall–Kier alpha value is -1.29. The van der Waals surface area contributed by atoms with Crippen LogP contribution in [0.3, 0.4) is 0 Å². The van der Waals surface area contributed by atoms with Crippen LogP contribution in [0.5, 0.6) is 0 Å². The molecule has 4 nitrogen and oxygen atoms in total. The minimum Gasteiger partial charge on any atom is -0.367 e. The fourth-order valence-electron chi connectivity index (χ4n) is 2.12. The van der Waals surface area contributed by atoms with Crippen molar-refractivity contribution in [1.82, 2.24) is 14.6 Å². The van der Waals surface area contributed by atoms with Gasteiger partial charge in [0.1, 0.15) is 5.52 Å². The normalized spacial score (nSPS) is 13.7. The van der Waals surface area contributed by atoms with Crippen LogP contribution in [0.15, 0.2) is 18.5 Å². The van der Waals surface area contributed by atoms with E-state index in [0.29, 0.717) is 6.54 Å². The fraction of sp³-hybridized carbons (Fsp3) is 0.571. The van der Waals surface area contributed by atoms with Gasteiger partial charge in [-0.25, -0.2) is 9.50 Å². The molecule has 0 fully saturated rings. The minimum absolute atomic E-state index is 0.0890. The molecule has 2 rings (SSSR count). The van der Waals surface area contributed by atoms with Gasteiger partial charge < -0.3 is 5.32 Å². The van der Waals surface area contributed by atoms with Crippen LogP contribution in [0.2, 0.25) is 0 Å². The molecule has 0 bridgehead atoms. The van der Waals surface area contributed by atoms with Crippen molar-refractivity contribution in [3.05, 3.63) is 24.2 Å². The third kappa shape index (κ3) is 3.83. The molecule has 0 radical (unpaired) electrons. The Bertz CT molecular complexity index is 556. The summed E-state index contributed by atoms with van der Waals surface area (Å²) in [5.74, 6) is 0.836. The van der Waals surface area contributed by atoms with Gasteiger partial charge in [-0.05, 0) is 24.8 Å². The van der Waals surface area contributed by atoms with E-state index in [1.54, 1.807) is 6.20 Å². The Labute approximate surface area is 119 Å². The molecule has 0 aliphatic carbocycles. The highest BCUT2D eigenvalue weighted by atomic mass is 35.5. The lowest BCUT2D eigenvalue weighted by Crippen LogP contribution is -2.21. The molecule has 0 saturated carbocycles. The Morgan fingerprint density at radius 2 is 2.16 bits per heavy atom. The molecule has 19 heavy (non-hydrogen) atoms. The van der Waals surface area contributed by atoms with Gasteiger partial charge in [0, 0.05) is 18.9 Å². The molecule has 1 atom stereocenters. The van der Waals surface area contributed by atoms with Crippen molar-refractivity contribution < 1.29 is 0 Å². The van der Waals surface area contributed by atoms with Crippen molar-refractivity contribution in [3.63, 3.8) is 0 Å². The first kappa shape index (κ1) is 14.1. The van der Waals surface area contributed by atoms with Crippen LogP contribution in [-0.4, -0.2) is 26.5 Å². The molecule has 2 aromatic rings. The maximum atomic E-state index is 6.36. The number of fused-ring (bicyclic) bond motifs is 1. The van der Waals surface area contributed by atoms with E-state index in [1.807, 2.05) is 23.7 Å². The summed E-state index contributed by atoms with van der Waals surface area (Å²) in [6.45, 7) is 9.27. The van der Waals surface area contributed by atoms with Crippen LogP contribution >= 0.6 is 11.6 Å². The predicted octanol–water partition coefficient (Wildman–Crippen LogP) is 3.49. The van der Waals surface area contributed by atoms with Gasteiger partial charge in [-0.2, -0.15) is 5.10 Å². The summed E-state index contributed by atoms with van der Waals surface area (Å²) in [6, 6.07) is 2.02. The number of hydrogen-bond donors (Lipinski definition) is 1. The molecular formula is C14H21ClN4. The lowest BCUT2D eigenvalue weighted by atomic mass is 9.90. The predicted molar refractivity (Wildman–Crippen MR) is 79.9 cm³/mol. The Balaban J connectivity index is 2.05. The zero-order valence-electron chi connectivity index (χ0n) is 11.9. The molecule has 0 spiro atoms. The summed E-state index contributed by atoms with van der Waals surface area (Å²) < 4.78 is 1.83. The molecule has 0 amide bonds. The van der Waals surface area contributed by atoms with Crippen LogP contribution in [0.4, 0.5) is 5.82 Å². The fourth-order valence-corrected chi connectivity index (χ4v) is 2.66. The van der Waals surface area contributed by atoms with Crippen LogP contribution in [0, 0.1) is 12.3 Å². The topological polar surface area (TPSA) is 42.2 Å². The van der Waals surface area contributed by atoms with Crippen LogP contribution in [0.25, 0.3) is 5.52 Å². The summed E-state index contributed by atoms with van der Waals surface area (Å²) in [6.07, 6.45) is 4.55. The highest BCUT2D eigenvalue weighted by Gasteiger charge is 2.17. The zero-order valence-corrected chi connectivity index (χ0v) is 12.7. The van der Waals surface area contributed by atoms with Crippen molar-refractivity contribution in [3.8, 4) is 0 Å². The smallest absolute Gasteiger partial charge is 0.152 e. The average molecular weight is 281 g/mol. The second-order valence-corrected chi connectivity index (χ2v) is 6.75. The zero-order chi connectivity index (χ0) is 14.0. The van der Waals surface area contributed by atoms with Gasteiger partial charge in [0.05, 0.1) is 11.1 Å². The van der Waals surface area contributed by atoms with Gasteiger partial charge in [-0.15, -0.1) is 11.6 Å². The van der Waals surface area contributed by atoms with Crippen LogP contribution in [0.1, 0.15) is 32.9 Å². The Kier molecular flexibility index (Phi) is 3.99. The Morgan fingerprint density at radius 1 is 1.42 bits per heavy atom. The lowest BCUT2D eigenvalue weighted by Gasteiger charge is -2.22. The number of alkyl halides is 1. The largest absolute Gasteiger partial charge is 0.367 e. The molecule has 2 aromatic heterocycles. The molecule has 1 unspecified atom stereocenters. The van der Waals surface area contributed by atoms with E-state index in [4.69, 9.17) is 11.6 Å². The SMILES string of the molecule is Cc1cc2c(NCC(Cl)CC(C)(C)C)nccn2n1. The summed E-state index contributed by atoms with van der Waals surface area (Å²) in [5, 5.41) is 7.77.